The molecule has 0 bridgehead atoms. The highest BCUT2D eigenvalue weighted by Crippen LogP contribution is 2.36. The lowest BCUT2D eigenvalue weighted by molar-refractivity contribution is 0.103. The van der Waals surface area contributed by atoms with Crippen molar-refractivity contribution < 1.29 is 9.18 Å². The smallest absolute Gasteiger partial charge is 0.265 e. The quantitative estimate of drug-likeness (QED) is 0.168. The fraction of sp³-hybridized carbons (Fsp3) is 0.160. The van der Waals surface area contributed by atoms with E-state index in [4.69, 9.17) is 0 Å². The van der Waals surface area contributed by atoms with Gasteiger partial charge in [-0.1, -0.05) is 25.6 Å². The molecule has 3 aromatic rings. The van der Waals surface area contributed by atoms with Crippen molar-refractivity contribution in [2.75, 3.05) is 12.4 Å². The van der Waals surface area contributed by atoms with E-state index in [0.717, 1.165) is 27.1 Å². The SMILES string of the molecule is C=CN/C=C\c1c(-c2ccc(NC(=O)c3ccc(C)s3)cc2)cc(F)c(SNC)c1CC.NS. The molecule has 34 heavy (non-hydrogen) atoms. The Balaban J connectivity index is 0.00000199. The zero-order valence-corrected chi connectivity index (χ0v) is 21.8. The van der Waals surface area contributed by atoms with Gasteiger partial charge in [-0.25, -0.2) is 4.39 Å². The molecule has 9 heteroatoms. The number of anilines is 1. The Morgan fingerprint density at radius 2 is 1.94 bits per heavy atom. The Kier molecular flexibility index (Phi) is 11.4. The first kappa shape index (κ1) is 27.7. The van der Waals surface area contributed by atoms with E-state index in [1.807, 2.05) is 56.3 Å². The van der Waals surface area contributed by atoms with Crippen LogP contribution in [0.2, 0.25) is 0 Å². The van der Waals surface area contributed by atoms with Gasteiger partial charge in [0, 0.05) is 16.8 Å². The van der Waals surface area contributed by atoms with E-state index in [1.54, 1.807) is 25.5 Å². The van der Waals surface area contributed by atoms with Crippen LogP contribution >= 0.6 is 36.1 Å². The fourth-order valence-electron chi connectivity index (χ4n) is 3.37. The molecular formula is C25H29FN4OS3. The molecule has 1 amide bonds. The van der Waals surface area contributed by atoms with Gasteiger partial charge in [-0.2, -0.15) is 0 Å². The molecule has 1 aromatic heterocycles. The molecule has 2 aromatic carbocycles. The lowest BCUT2D eigenvalue weighted by Crippen LogP contribution is -2.09. The van der Waals surface area contributed by atoms with E-state index in [9.17, 15) is 4.79 Å². The van der Waals surface area contributed by atoms with Gasteiger partial charge in [0.2, 0.25) is 0 Å². The van der Waals surface area contributed by atoms with Crippen LogP contribution in [0.15, 0.2) is 66.3 Å². The highest BCUT2D eigenvalue weighted by molar-refractivity contribution is 7.97. The highest BCUT2D eigenvalue weighted by Gasteiger charge is 2.17. The number of hydrogen-bond donors (Lipinski definition) is 5. The molecule has 0 spiro atoms. The topological polar surface area (TPSA) is 79.2 Å². The van der Waals surface area contributed by atoms with Crippen LogP contribution in [0.4, 0.5) is 10.1 Å². The third-order valence-electron chi connectivity index (χ3n) is 4.82. The lowest BCUT2D eigenvalue weighted by atomic mass is 9.93. The Bertz CT molecular complexity index is 1140. The number of nitrogens with one attached hydrogen (secondary N) is 3. The largest absolute Gasteiger partial charge is 0.368 e. The van der Waals surface area contributed by atoms with Gasteiger partial charge >= 0.3 is 0 Å². The number of carbonyl (C=O) groups is 1. The molecule has 1 heterocycles. The second-order valence-electron chi connectivity index (χ2n) is 6.93. The van der Waals surface area contributed by atoms with E-state index in [-0.39, 0.29) is 11.7 Å². The summed E-state index contributed by atoms with van der Waals surface area (Å²) in [5.74, 6) is -0.404. The Morgan fingerprint density at radius 3 is 2.50 bits per heavy atom. The van der Waals surface area contributed by atoms with Crippen LogP contribution in [-0.2, 0) is 6.42 Å². The second kappa shape index (κ2) is 14.0. The molecular weight excluding hydrogens is 488 g/mol. The maximum Gasteiger partial charge on any atom is 0.265 e. The van der Waals surface area contributed by atoms with E-state index in [2.05, 4.69) is 39.9 Å². The van der Waals surface area contributed by atoms with Crippen LogP contribution in [0, 0.1) is 12.7 Å². The van der Waals surface area contributed by atoms with Gasteiger partial charge in [-0.3, -0.25) is 14.7 Å². The fourth-order valence-corrected chi connectivity index (χ4v) is 4.87. The normalized spacial score (nSPS) is 10.5. The van der Waals surface area contributed by atoms with Gasteiger partial charge < -0.3 is 10.6 Å². The molecule has 0 fully saturated rings. The molecule has 0 aliphatic heterocycles. The van der Waals surface area contributed by atoms with Gasteiger partial charge in [-0.05, 0) is 97.2 Å². The number of thiophene rings is 1. The van der Waals surface area contributed by atoms with Gasteiger partial charge in [-0.15, -0.1) is 24.2 Å². The monoisotopic (exact) mass is 516 g/mol. The number of thiol groups is 1. The maximum atomic E-state index is 15.0. The van der Waals surface area contributed by atoms with Crippen molar-refractivity contribution in [3.63, 3.8) is 0 Å². The lowest BCUT2D eigenvalue weighted by Gasteiger charge is -2.17. The maximum absolute atomic E-state index is 15.0. The van der Waals surface area contributed by atoms with Crippen LogP contribution in [0.3, 0.4) is 0 Å². The van der Waals surface area contributed by atoms with Crippen LogP contribution in [-0.4, -0.2) is 13.0 Å². The number of halogens is 1. The van der Waals surface area contributed by atoms with E-state index in [0.29, 0.717) is 21.9 Å². The van der Waals surface area contributed by atoms with Crippen molar-refractivity contribution in [1.82, 2.24) is 10.0 Å². The molecule has 0 aliphatic carbocycles. The van der Waals surface area contributed by atoms with Crippen LogP contribution in [0.1, 0.15) is 32.6 Å². The Morgan fingerprint density at radius 1 is 1.24 bits per heavy atom. The number of aryl methyl sites for hydroxylation is 1. The van der Waals surface area contributed by atoms with Gasteiger partial charge in [0.15, 0.2) is 0 Å². The zero-order chi connectivity index (χ0) is 25.1. The predicted molar refractivity (Wildman–Crippen MR) is 149 cm³/mol. The van der Waals surface area contributed by atoms with Crippen LogP contribution in [0.25, 0.3) is 17.2 Å². The predicted octanol–water partition coefficient (Wildman–Crippen LogP) is 6.40. The molecule has 0 radical (unpaired) electrons. The van der Waals surface area contributed by atoms with E-state index >= 15 is 4.39 Å². The van der Waals surface area contributed by atoms with Crippen molar-refractivity contribution in [1.29, 1.82) is 0 Å². The van der Waals surface area contributed by atoms with E-state index in [1.165, 1.54) is 23.3 Å². The Labute approximate surface area is 214 Å². The summed E-state index contributed by atoms with van der Waals surface area (Å²) < 4.78 is 18.0. The van der Waals surface area contributed by atoms with Crippen molar-refractivity contribution in [3.8, 4) is 11.1 Å². The minimum atomic E-state index is -0.268. The number of hydrogen-bond acceptors (Lipinski definition) is 7. The van der Waals surface area contributed by atoms with Gasteiger partial charge in [0.1, 0.15) is 5.82 Å². The Hall–Kier alpha value is -2.56. The number of amides is 1. The summed E-state index contributed by atoms with van der Waals surface area (Å²) >= 11 is 5.76. The summed E-state index contributed by atoms with van der Waals surface area (Å²) in [4.78, 5) is 14.8. The standard InChI is InChI=1S/C25H26FN3OS2.H3NS/c1-5-19-20(13-14-28-6-2)21(15-22(26)24(19)32-27-4)17-8-10-18(11-9-17)29-25(30)23-12-7-16(3)31-23;1-2/h6-15,27-28H,2,5H2,1,3-4H3,(H,29,30);2H,1H2/b14-13-;. The number of nitrogens with two attached hydrogens (primary N) is 1. The molecule has 0 saturated carbocycles. The number of rotatable bonds is 9. The molecule has 0 unspecified atom stereocenters. The molecule has 5 nitrogen and oxygen atoms in total. The molecule has 0 aliphatic rings. The van der Waals surface area contributed by atoms with Crippen LogP contribution in [0.5, 0.6) is 0 Å². The first-order valence-corrected chi connectivity index (χ1v) is 12.6. The van der Waals surface area contributed by atoms with E-state index < -0.39 is 0 Å². The van der Waals surface area contributed by atoms with Crippen molar-refractivity contribution in [2.24, 2.45) is 5.14 Å². The van der Waals surface area contributed by atoms with Gasteiger partial charge in [0.25, 0.3) is 5.91 Å². The first-order valence-electron chi connectivity index (χ1n) is 10.4. The summed E-state index contributed by atoms with van der Waals surface area (Å²) in [5.41, 5.74) is 4.20. The highest BCUT2D eigenvalue weighted by atomic mass is 32.2. The van der Waals surface area contributed by atoms with Crippen molar-refractivity contribution >= 4 is 53.8 Å². The molecule has 3 rings (SSSR count). The summed E-state index contributed by atoms with van der Waals surface area (Å²) in [7, 11) is 1.77. The summed E-state index contributed by atoms with van der Waals surface area (Å²) in [5, 5.41) is 10.1. The molecule has 0 atom stereocenters. The number of benzene rings is 2. The summed E-state index contributed by atoms with van der Waals surface area (Å²) in [6, 6.07) is 12.8. The average molecular weight is 517 g/mol. The zero-order valence-electron chi connectivity index (χ0n) is 19.3. The summed E-state index contributed by atoms with van der Waals surface area (Å²) in [6.45, 7) is 7.65. The van der Waals surface area contributed by atoms with Crippen LogP contribution < -0.4 is 20.5 Å². The molecule has 180 valence electrons. The summed E-state index contributed by atoms with van der Waals surface area (Å²) in [6.07, 6.45) is 5.98. The first-order chi connectivity index (χ1) is 16.5. The minimum absolute atomic E-state index is 0.136. The van der Waals surface area contributed by atoms with Crippen molar-refractivity contribution in [3.05, 3.63) is 88.1 Å². The van der Waals surface area contributed by atoms with Gasteiger partial charge in [0.05, 0.1) is 9.77 Å². The third-order valence-corrected chi connectivity index (χ3v) is 6.67. The average Bonchev–Trinajstić information content (AvgIpc) is 3.29. The number of carbonyl (C=O) groups excluding carboxylic acids is 1. The second-order valence-corrected chi connectivity index (χ2v) is 9.24. The van der Waals surface area contributed by atoms with Crippen molar-refractivity contribution in [2.45, 2.75) is 25.2 Å². The molecule has 0 saturated heterocycles. The molecule has 5 N–H and O–H groups in total. The minimum Gasteiger partial charge on any atom is -0.368 e. The third kappa shape index (κ3) is 6.97.